The Hall–Kier alpha value is -2.43. The number of benzene rings is 1. The highest BCUT2D eigenvalue weighted by atomic mass is 32.2. The lowest BCUT2D eigenvalue weighted by Crippen LogP contribution is -2.40. The van der Waals surface area contributed by atoms with Gasteiger partial charge in [-0.05, 0) is 32.0 Å². The number of morpholine rings is 1. The summed E-state index contributed by atoms with van der Waals surface area (Å²) >= 11 is 0. The number of aromatic nitrogens is 1. The van der Waals surface area contributed by atoms with E-state index in [0.29, 0.717) is 31.2 Å². The molecule has 1 aliphatic heterocycles. The summed E-state index contributed by atoms with van der Waals surface area (Å²) in [6, 6.07) is 4.43. The van der Waals surface area contributed by atoms with E-state index in [1.54, 1.807) is 20.0 Å². The summed E-state index contributed by atoms with van der Waals surface area (Å²) in [4.78, 5) is 14.4. The maximum atomic E-state index is 13.1. The van der Waals surface area contributed by atoms with Crippen LogP contribution in [0.3, 0.4) is 0 Å². The van der Waals surface area contributed by atoms with Gasteiger partial charge in [0.25, 0.3) is 5.91 Å². The van der Waals surface area contributed by atoms with Crippen molar-refractivity contribution in [2.24, 2.45) is 0 Å². The Morgan fingerprint density at radius 1 is 1.28 bits per heavy atom. The zero-order valence-electron chi connectivity index (χ0n) is 17.0. The maximum absolute atomic E-state index is 13.1. The van der Waals surface area contributed by atoms with Gasteiger partial charge in [-0.2, -0.15) is 4.31 Å². The standard InChI is InChI=1S/C19H25N3O6S/c1-13-16(14(2)28-20-13)12-21(3)19(23)15-5-6-17(26-4)18(11-15)29(24,25)22-7-9-27-10-8-22/h5-6,11H,7-10,12H2,1-4H3. The second-order valence-electron chi connectivity index (χ2n) is 6.85. The Bertz CT molecular complexity index is 976. The van der Waals surface area contributed by atoms with Crippen molar-refractivity contribution < 1.29 is 27.2 Å². The molecule has 10 heteroatoms. The summed E-state index contributed by atoms with van der Waals surface area (Å²) in [7, 11) is -0.768. The SMILES string of the molecule is COc1ccc(C(=O)N(C)Cc2c(C)noc2C)cc1S(=O)(=O)N1CCOCC1. The van der Waals surface area contributed by atoms with E-state index >= 15 is 0 Å². The van der Waals surface area contributed by atoms with Gasteiger partial charge in [-0.1, -0.05) is 5.16 Å². The van der Waals surface area contributed by atoms with Crippen molar-refractivity contribution in [2.75, 3.05) is 40.5 Å². The second-order valence-corrected chi connectivity index (χ2v) is 8.75. The lowest BCUT2D eigenvalue weighted by atomic mass is 10.1. The van der Waals surface area contributed by atoms with Gasteiger partial charge in [0.15, 0.2) is 0 Å². The molecule has 1 fully saturated rings. The number of carbonyl (C=O) groups excluding carboxylic acids is 1. The van der Waals surface area contributed by atoms with Crippen LogP contribution < -0.4 is 4.74 Å². The summed E-state index contributed by atoms with van der Waals surface area (Å²) in [5.74, 6) is 0.528. The van der Waals surface area contributed by atoms with Gasteiger partial charge in [-0.25, -0.2) is 8.42 Å². The van der Waals surface area contributed by atoms with Gasteiger partial charge >= 0.3 is 0 Å². The monoisotopic (exact) mass is 423 g/mol. The highest BCUT2D eigenvalue weighted by Gasteiger charge is 2.30. The van der Waals surface area contributed by atoms with Gasteiger partial charge in [0.1, 0.15) is 16.4 Å². The number of hydrogen-bond acceptors (Lipinski definition) is 7. The van der Waals surface area contributed by atoms with Crippen molar-refractivity contribution in [1.29, 1.82) is 0 Å². The molecule has 1 amide bonds. The highest BCUT2D eigenvalue weighted by Crippen LogP contribution is 2.29. The number of rotatable bonds is 6. The van der Waals surface area contributed by atoms with Crippen LogP contribution in [-0.4, -0.2) is 69.1 Å². The van der Waals surface area contributed by atoms with Gasteiger partial charge < -0.3 is 18.9 Å². The predicted octanol–water partition coefficient (Wildman–Crippen LogP) is 1.59. The third-order valence-electron chi connectivity index (χ3n) is 4.92. The number of methoxy groups -OCH3 is 1. The molecule has 2 heterocycles. The fourth-order valence-electron chi connectivity index (χ4n) is 3.19. The fraction of sp³-hybridized carbons (Fsp3) is 0.474. The van der Waals surface area contributed by atoms with Crippen molar-refractivity contribution in [3.63, 3.8) is 0 Å². The summed E-state index contributed by atoms with van der Waals surface area (Å²) < 4.78 is 43.2. The lowest BCUT2D eigenvalue weighted by molar-refractivity contribution is 0.0729. The fourth-order valence-corrected chi connectivity index (χ4v) is 4.78. The predicted molar refractivity (Wildman–Crippen MR) is 104 cm³/mol. The van der Waals surface area contributed by atoms with Crippen LogP contribution >= 0.6 is 0 Å². The molecule has 0 bridgehead atoms. The van der Waals surface area contributed by atoms with Crippen molar-refractivity contribution in [3.8, 4) is 5.75 Å². The zero-order valence-corrected chi connectivity index (χ0v) is 17.8. The smallest absolute Gasteiger partial charge is 0.253 e. The number of hydrogen-bond donors (Lipinski definition) is 0. The first-order valence-electron chi connectivity index (χ1n) is 9.19. The van der Waals surface area contributed by atoms with Gasteiger partial charge in [0.2, 0.25) is 10.0 Å². The molecular weight excluding hydrogens is 398 g/mol. The first-order valence-corrected chi connectivity index (χ1v) is 10.6. The summed E-state index contributed by atoms with van der Waals surface area (Å²) in [5, 5.41) is 3.90. The number of aryl methyl sites for hydroxylation is 2. The molecule has 1 aromatic carbocycles. The molecule has 0 atom stereocenters. The second kappa shape index (κ2) is 8.52. The molecule has 1 aromatic heterocycles. The third-order valence-corrected chi connectivity index (χ3v) is 6.84. The molecule has 29 heavy (non-hydrogen) atoms. The first kappa shape index (κ1) is 21.3. The summed E-state index contributed by atoms with van der Waals surface area (Å²) in [6.45, 7) is 5.09. The van der Waals surface area contributed by atoms with Gasteiger partial charge in [0.05, 0.1) is 32.6 Å². The Morgan fingerprint density at radius 2 is 1.97 bits per heavy atom. The number of sulfonamides is 1. The van der Waals surface area contributed by atoms with E-state index in [2.05, 4.69) is 5.16 Å². The molecule has 0 spiro atoms. The molecule has 9 nitrogen and oxygen atoms in total. The quantitative estimate of drug-likeness (QED) is 0.695. The van der Waals surface area contributed by atoms with Crippen LogP contribution in [-0.2, 0) is 21.3 Å². The lowest BCUT2D eigenvalue weighted by Gasteiger charge is -2.27. The number of nitrogens with zero attached hydrogens (tertiary/aromatic N) is 3. The Kier molecular flexibility index (Phi) is 6.25. The molecule has 0 saturated carbocycles. The zero-order chi connectivity index (χ0) is 21.2. The van der Waals surface area contributed by atoms with Crippen molar-refractivity contribution in [3.05, 3.63) is 40.8 Å². The average Bonchev–Trinajstić information content (AvgIpc) is 3.05. The van der Waals surface area contributed by atoms with Crippen LogP contribution in [0.5, 0.6) is 5.75 Å². The molecule has 158 valence electrons. The van der Waals surface area contributed by atoms with E-state index in [4.69, 9.17) is 14.0 Å². The third kappa shape index (κ3) is 4.29. The molecule has 3 rings (SSSR count). The molecule has 0 unspecified atom stereocenters. The van der Waals surface area contributed by atoms with Crippen molar-refractivity contribution in [1.82, 2.24) is 14.4 Å². The maximum Gasteiger partial charge on any atom is 0.253 e. The van der Waals surface area contributed by atoms with Crippen LogP contribution in [0, 0.1) is 13.8 Å². The van der Waals surface area contributed by atoms with Crippen LogP contribution in [0.25, 0.3) is 0 Å². The van der Waals surface area contributed by atoms with Crippen LogP contribution in [0.2, 0.25) is 0 Å². The van der Waals surface area contributed by atoms with Crippen LogP contribution in [0.15, 0.2) is 27.6 Å². The minimum atomic E-state index is -3.82. The molecule has 0 radical (unpaired) electrons. The topological polar surface area (TPSA) is 102 Å². The van der Waals surface area contributed by atoms with Gasteiger partial charge in [-0.3, -0.25) is 4.79 Å². The first-order chi connectivity index (χ1) is 13.8. The van der Waals surface area contributed by atoms with Crippen molar-refractivity contribution >= 4 is 15.9 Å². The van der Waals surface area contributed by atoms with Crippen molar-refractivity contribution in [2.45, 2.75) is 25.3 Å². The Labute approximate surface area is 170 Å². The minimum absolute atomic E-state index is 0.0292. The molecular formula is C19H25N3O6S. The average molecular weight is 423 g/mol. The van der Waals surface area contributed by atoms with E-state index in [0.717, 1.165) is 5.56 Å². The molecule has 1 saturated heterocycles. The van der Waals surface area contributed by atoms with E-state index in [1.807, 2.05) is 6.92 Å². The number of amides is 1. The summed E-state index contributed by atoms with van der Waals surface area (Å²) in [6.07, 6.45) is 0. The Balaban J connectivity index is 1.90. The highest BCUT2D eigenvalue weighted by molar-refractivity contribution is 7.89. The number of carbonyl (C=O) groups is 1. The van der Waals surface area contributed by atoms with E-state index < -0.39 is 10.0 Å². The minimum Gasteiger partial charge on any atom is -0.495 e. The molecule has 0 N–H and O–H groups in total. The Morgan fingerprint density at radius 3 is 2.55 bits per heavy atom. The van der Waals surface area contributed by atoms with E-state index in [1.165, 1.54) is 28.4 Å². The van der Waals surface area contributed by atoms with Crippen LogP contribution in [0.1, 0.15) is 27.4 Å². The van der Waals surface area contributed by atoms with Crippen LogP contribution in [0.4, 0.5) is 0 Å². The molecule has 2 aromatic rings. The van der Waals surface area contributed by atoms with E-state index in [-0.39, 0.29) is 35.2 Å². The number of ether oxygens (including phenoxy) is 2. The summed E-state index contributed by atoms with van der Waals surface area (Å²) in [5.41, 5.74) is 1.80. The van der Waals surface area contributed by atoms with E-state index in [9.17, 15) is 13.2 Å². The van der Waals surface area contributed by atoms with Gasteiger partial charge in [-0.15, -0.1) is 0 Å². The molecule has 1 aliphatic rings. The largest absolute Gasteiger partial charge is 0.495 e. The molecule has 0 aliphatic carbocycles. The van der Waals surface area contributed by atoms with Gasteiger partial charge in [0, 0.05) is 31.3 Å². The normalized spacial score (nSPS) is 15.3.